The maximum Gasteiger partial charge on any atom is 0.343 e. The van der Waals surface area contributed by atoms with Crippen LogP contribution in [0.5, 0.6) is 0 Å². The van der Waals surface area contributed by atoms with Crippen molar-refractivity contribution in [1.29, 1.82) is 0 Å². The van der Waals surface area contributed by atoms with Crippen molar-refractivity contribution in [3.05, 3.63) is 51.8 Å². The van der Waals surface area contributed by atoms with Gasteiger partial charge in [-0.1, -0.05) is 54.3 Å². The first kappa shape index (κ1) is 21.4. The molecule has 1 aromatic carbocycles. The fraction of sp³-hybridized carbons (Fsp3) is 0.500. The van der Waals surface area contributed by atoms with E-state index < -0.39 is 12.1 Å². The van der Waals surface area contributed by atoms with Gasteiger partial charge in [-0.2, -0.15) is 5.10 Å². The molecule has 0 radical (unpaired) electrons. The Morgan fingerprint density at radius 1 is 1.10 bits per heavy atom. The Kier molecular flexibility index (Phi) is 6.96. The van der Waals surface area contributed by atoms with Crippen molar-refractivity contribution >= 4 is 23.5 Å². The molecule has 0 N–H and O–H groups in total. The fourth-order valence-electron chi connectivity index (χ4n) is 3.57. The molecule has 0 unspecified atom stereocenters. The average Bonchev–Trinajstić information content (AvgIpc) is 2.87. The first-order chi connectivity index (χ1) is 13.9. The highest BCUT2D eigenvalue weighted by Gasteiger charge is 2.28. The SMILES string of the molecule is Cc1ccc(Cn2nc(C)c(C(=O)O[C@@H](C)C(=O)N3CCCCCC3)c2Cl)cc1. The van der Waals surface area contributed by atoms with Gasteiger partial charge in [-0.3, -0.25) is 4.79 Å². The van der Waals surface area contributed by atoms with Crippen molar-refractivity contribution in [3.63, 3.8) is 0 Å². The Bertz CT molecular complexity index is 868. The lowest BCUT2D eigenvalue weighted by Gasteiger charge is -2.24. The summed E-state index contributed by atoms with van der Waals surface area (Å²) in [5.74, 6) is -0.764. The Labute approximate surface area is 176 Å². The third kappa shape index (κ3) is 5.18. The predicted molar refractivity (Wildman–Crippen MR) is 112 cm³/mol. The molecule has 3 rings (SSSR count). The number of aromatic nitrogens is 2. The molecule has 7 heteroatoms. The van der Waals surface area contributed by atoms with Crippen LogP contribution in [0.3, 0.4) is 0 Å². The summed E-state index contributed by atoms with van der Waals surface area (Å²) in [5, 5.41) is 4.62. The summed E-state index contributed by atoms with van der Waals surface area (Å²) in [6, 6.07) is 8.04. The van der Waals surface area contributed by atoms with Gasteiger partial charge >= 0.3 is 5.97 Å². The second kappa shape index (κ2) is 9.44. The molecule has 6 nitrogen and oxygen atoms in total. The summed E-state index contributed by atoms with van der Waals surface area (Å²) >= 11 is 6.44. The van der Waals surface area contributed by atoms with Crippen molar-refractivity contribution in [2.24, 2.45) is 0 Å². The minimum Gasteiger partial charge on any atom is -0.449 e. The van der Waals surface area contributed by atoms with Gasteiger partial charge in [-0.25, -0.2) is 9.48 Å². The van der Waals surface area contributed by atoms with Crippen molar-refractivity contribution in [2.75, 3.05) is 13.1 Å². The van der Waals surface area contributed by atoms with Crippen molar-refractivity contribution in [2.45, 2.75) is 59.1 Å². The van der Waals surface area contributed by atoms with Gasteiger partial charge in [-0.05, 0) is 39.2 Å². The van der Waals surface area contributed by atoms with E-state index in [-0.39, 0.29) is 16.6 Å². The largest absolute Gasteiger partial charge is 0.449 e. The number of ether oxygens (including phenoxy) is 1. The van der Waals surface area contributed by atoms with Crippen molar-refractivity contribution < 1.29 is 14.3 Å². The summed E-state index contributed by atoms with van der Waals surface area (Å²) in [4.78, 5) is 27.2. The molecule has 0 saturated carbocycles. The monoisotopic (exact) mass is 417 g/mol. The van der Waals surface area contributed by atoms with E-state index in [1.54, 1.807) is 23.4 Å². The molecule has 2 heterocycles. The topological polar surface area (TPSA) is 64.4 Å². The zero-order valence-electron chi connectivity index (χ0n) is 17.3. The number of carbonyl (C=O) groups excluding carboxylic acids is 2. The molecule has 0 spiro atoms. The van der Waals surface area contributed by atoms with E-state index >= 15 is 0 Å². The molecule has 156 valence electrons. The number of halogens is 1. The number of esters is 1. The van der Waals surface area contributed by atoms with Crippen molar-refractivity contribution in [3.8, 4) is 0 Å². The number of nitrogens with zero attached hydrogens (tertiary/aromatic N) is 3. The number of rotatable bonds is 5. The van der Waals surface area contributed by atoms with Crippen LogP contribution in [-0.2, 0) is 16.1 Å². The molecule has 0 bridgehead atoms. The summed E-state index contributed by atoms with van der Waals surface area (Å²) in [7, 11) is 0. The van der Waals surface area contributed by atoms with Gasteiger partial charge < -0.3 is 9.64 Å². The highest BCUT2D eigenvalue weighted by atomic mass is 35.5. The molecular formula is C22H28ClN3O3. The maximum atomic E-state index is 12.7. The number of likely N-dealkylation sites (tertiary alicyclic amines) is 1. The van der Waals surface area contributed by atoms with E-state index in [9.17, 15) is 9.59 Å². The highest BCUT2D eigenvalue weighted by molar-refractivity contribution is 6.32. The third-order valence-electron chi connectivity index (χ3n) is 5.27. The molecule has 1 amide bonds. The predicted octanol–water partition coefficient (Wildman–Crippen LogP) is 4.15. The minimum absolute atomic E-state index is 0.152. The molecule has 1 aliphatic rings. The van der Waals surface area contributed by atoms with Crippen molar-refractivity contribution in [1.82, 2.24) is 14.7 Å². The Balaban J connectivity index is 1.69. The average molecular weight is 418 g/mol. The lowest BCUT2D eigenvalue weighted by atomic mass is 10.1. The van der Waals surface area contributed by atoms with Gasteiger partial charge in [0.1, 0.15) is 10.7 Å². The van der Waals surface area contributed by atoms with Gasteiger partial charge in [-0.15, -0.1) is 0 Å². The summed E-state index contributed by atoms with van der Waals surface area (Å²) in [6.45, 7) is 7.25. The van der Waals surface area contributed by atoms with E-state index in [0.29, 0.717) is 12.2 Å². The lowest BCUT2D eigenvalue weighted by Crippen LogP contribution is -2.40. The fourth-order valence-corrected chi connectivity index (χ4v) is 3.89. The van der Waals surface area contributed by atoms with Crippen LogP contribution in [0, 0.1) is 13.8 Å². The van der Waals surface area contributed by atoms with Gasteiger partial charge in [0.05, 0.1) is 12.2 Å². The van der Waals surface area contributed by atoms with Crippen LogP contribution in [0.4, 0.5) is 0 Å². The minimum atomic E-state index is -0.850. The Morgan fingerprint density at radius 3 is 2.34 bits per heavy atom. The molecule has 0 aliphatic carbocycles. The van der Waals surface area contributed by atoms with Crippen LogP contribution in [0.15, 0.2) is 24.3 Å². The highest BCUT2D eigenvalue weighted by Crippen LogP contribution is 2.23. The molecule has 1 atom stereocenters. The van der Waals surface area contributed by atoms with Crippen LogP contribution < -0.4 is 0 Å². The zero-order chi connectivity index (χ0) is 21.0. The summed E-state index contributed by atoms with van der Waals surface area (Å²) in [5.41, 5.74) is 2.91. The van der Waals surface area contributed by atoms with Crippen LogP contribution in [-0.4, -0.2) is 45.8 Å². The molecule has 1 fully saturated rings. The third-order valence-corrected chi connectivity index (χ3v) is 5.66. The van der Waals surface area contributed by atoms with Gasteiger partial charge in [0.2, 0.25) is 0 Å². The van der Waals surface area contributed by atoms with Crippen LogP contribution in [0.1, 0.15) is 59.8 Å². The molecule has 29 heavy (non-hydrogen) atoms. The Hall–Kier alpha value is -2.34. The van der Waals surface area contributed by atoms with E-state index in [4.69, 9.17) is 16.3 Å². The van der Waals surface area contributed by atoms with Crippen LogP contribution in [0.2, 0.25) is 5.15 Å². The molecule has 1 aliphatic heterocycles. The van der Waals surface area contributed by atoms with E-state index in [2.05, 4.69) is 5.10 Å². The maximum absolute atomic E-state index is 12.7. The number of benzene rings is 1. The smallest absolute Gasteiger partial charge is 0.343 e. The van der Waals surface area contributed by atoms with Crippen LogP contribution in [0.25, 0.3) is 0 Å². The number of hydrogen-bond acceptors (Lipinski definition) is 4. The molecule has 2 aromatic rings. The first-order valence-corrected chi connectivity index (χ1v) is 10.5. The second-order valence-electron chi connectivity index (χ2n) is 7.68. The van der Waals surface area contributed by atoms with E-state index in [1.165, 1.54) is 5.56 Å². The van der Waals surface area contributed by atoms with E-state index in [0.717, 1.165) is 44.3 Å². The molecule has 1 aromatic heterocycles. The molecule has 1 saturated heterocycles. The number of aryl methyl sites for hydroxylation is 2. The number of amides is 1. The Morgan fingerprint density at radius 2 is 1.72 bits per heavy atom. The van der Waals surface area contributed by atoms with E-state index in [1.807, 2.05) is 31.2 Å². The standard InChI is InChI=1S/C22H28ClN3O3/c1-15-8-10-18(11-9-15)14-26-20(23)19(16(2)24-26)22(28)29-17(3)21(27)25-12-6-4-5-7-13-25/h8-11,17H,4-7,12-14H2,1-3H3/t17-/m0/s1. The van der Waals surface area contributed by atoms with Gasteiger partial charge in [0.15, 0.2) is 6.10 Å². The van der Waals surface area contributed by atoms with Gasteiger partial charge in [0, 0.05) is 13.1 Å². The van der Waals surface area contributed by atoms with Gasteiger partial charge in [0.25, 0.3) is 5.91 Å². The first-order valence-electron chi connectivity index (χ1n) is 10.1. The zero-order valence-corrected chi connectivity index (χ0v) is 18.0. The number of hydrogen-bond donors (Lipinski definition) is 0. The van der Waals surface area contributed by atoms with Crippen LogP contribution >= 0.6 is 11.6 Å². The lowest BCUT2D eigenvalue weighted by molar-refractivity contribution is -0.139. The molecular weight excluding hydrogens is 390 g/mol. The number of carbonyl (C=O) groups is 2. The second-order valence-corrected chi connectivity index (χ2v) is 8.04. The normalized spacial score (nSPS) is 15.7. The summed E-state index contributed by atoms with van der Waals surface area (Å²) in [6.07, 6.45) is 3.39. The summed E-state index contributed by atoms with van der Waals surface area (Å²) < 4.78 is 7.05. The quantitative estimate of drug-likeness (QED) is 0.685.